The lowest BCUT2D eigenvalue weighted by Gasteiger charge is -2.07. The Morgan fingerprint density at radius 1 is 1.06 bits per heavy atom. The maximum atomic E-state index is 12.6. The quantitative estimate of drug-likeness (QED) is 0.439. The van der Waals surface area contributed by atoms with Gasteiger partial charge in [0, 0.05) is 29.4 Å². The molecule has 1 aliphatic carbocycles. The van der Waals surface area contributed by atoms with Crippen LogP contribution in [0.2, 0.25) is 10.0 Å². The first kappa shape index (κ1) is 19.8. The van der Waals surface area contributed by atoms with E-state index in [0.29, 0.717) is 28.2 Å². The van der Waals surface area contributed by atoms with Crippen LogP contribution in [0.5, 0.6) is 0 Å². The first-order valence-electron chi connectivity index (χ1n) is 9.80. The van der Waals surface area contributed by atoms with Crippen LogP contribution in [-0.2, 0) is 11.3 Å². The van der Waals surface area contributed by atoms with Crippen LogP contribution < -0.4 is 10.6 Å². The molecule has 0 radical (unpaired) electrons. The number of anilines is 2. The second-order valence-electron chi connectivity index (χ2n) is 7.48. The largest absolute Gasteiger partial charge is 0.364 e. The number of carbonyl (C=O) groups is 1. The van der Waals surface area contributed by atoms with Gasteiger partial charge in [-0.1, -0.05) is 35.3 Å². The maximum absolute atomic E-state index is 12.6. The van der Waals surface area contributed by atoms with Crippen LogP contribution in [0.1, 0.15) is 23.6 Å². The molecule has 0 aliphatic heterocycles. The van der Waals surface area contributed by atoms with E-state index in [4.69, 9.17) is 23.2 Å². The zero-order valence-corrected chi connectivity index (χ0v) is 17.8. The Labute approximate surface area is 188 Å². The molecule has 7 nitrogen and oxygen atoms in total. The lowest BCUT2D eigenvalue weighted by atomic mass is 10.1. The molecule has 0 spiro atoms. The Bertz CT molecular complexity index is 1270. The van der Waals surface area contributed by atoms with E-state index in [2.05, 4.69) is 25.6 Å². The average Bonchev–Trinajstić information content (AvgIpc) is 3.46. The summed E-state index contributed by atoms with van der Waals surface area (Å²) >= 11 is 12.1. The molecule has 156 valence electrons. The highest BCUT2D eigenvalue weighted by molar-refractivity contribution is 6.30. The predicted octanol–water partition coefficient (Wildman–Crippen LogP) is 4.79. The van der Waals surface area contributed by atoms with Crippen molar-refractivity contribution in [3.63, 3.8) is 0 Å². The Morgan fingerprint density at radius 3 is 2.81 bits per heavy atom. The molecule has 3 aromatic heterocycles. The summed E-state index contributed by atoms with van der Waals surface area (Å²) in [5, 5.41) is 7.43. The van der Waals surface area contributed by atoms with Gasteiger partial charge in [0.2, 0.25) is 5.91 Å². The second kappa shape index (κ2) is 8.17. The monoisotopic (exact) mass is 452 g/mol. The van der Waals surface area contributed by atoms with Crippen molar-refractivity contribution >= 4 is 46.4 Å². The molecule has 3 heterocycles. The first-order chi connectivity index (χ1) is 15.0. The number of benzene rings is 1. The van der Waals surface area contributed by atoms with E-state index >= 15 is 0 Å². The van der Waals surface area contributed by atoms with Gasteiger partial charge in [0.1, 0.15) is 23.6 Å². The van der Waals surface area contributed by atoms with Gasteiger partial charge < -0.3 is 15.0 Å². The molecule has 0 unspecified atom stereocenters. The third-order valence-electron chi connectivity index (χ3n) is 5.24. The summed E-state index contributed by atoms with van der Waals surface area (Å²) < 4.78 is 1.87. The van der Waals surface area contributed by atoms with Gasteiger partial charge in [-0.25, -0.2) is 15.0 Å². The zero-order valence-electron chi connectivity index (χ0n) is 16.3. The number of fused-ring (bicyclic) bond motifs is 1. The number of pyridine rings is 1. The van der Waals surface area contributed by atoms with Crippen molar-refractivity contribution < 1.29 is 4.79 Å². The number of hydrogen-bond acceptors (Lipinski definition) is 5. The Kier molecular flexibility index (Phi) is 5.21. The number of amides is 1. The third kappa shape index (κ3) is 4.47. The van der Waals surface area contributed by atoms with Crippen LogP contribution in [0.15, 0.2) is 61.2 Å². The van der Waals surface area contributed by atoms with Crippen molar-refractivity contribution in [1.29, 1.82) is 0 Å². The lowest BCUT2D eigenvalue weighted by Crippen LogP contribution is -2.16. The number of imidazole rings is 1. The highest BCUT2D eigenvalue weighted by atomic mass is 35.5. The molecule has 0 bridgehead atoms. The van der Waals surface area contributed by atoms with Crippen LogP contribution in [0, 0.1) is 5.92 Å². The van der Waals surface area contributed by atoms with Crippen LogP contribution in [0.25, 0.3) is 5.65 Å². The van der Waals surface area contributed by atoms with Crippen molar-refractivity contribution in [3.05, 3.63) is 82.5 Å². The topological polar surface area (TPSA) is 84.2 Å². The van der Waals surface area contributed by atoms with Crippen molar-refractivity contribution in [1.82, 2.24) is 19.4 Å². The van der Waals surface area contributed by atoms with Gasteiger partial charge in [0.25, 0.3) is 0 Å². The summed E-state index contributed by atoms with van der Waals surface area (Å²) in [6.45, 7) is 0.475. The summed E-state index contributed by atoms with van der Waals surface area (Å²) in [5.41, 5.74) is 2.75. The van der Waals surface area contributed by atoms with Gasteiger partial charge in [-0.05, 0) is 42.2 Å². The summed E-state index contributed by atoms with van der Waals surface area (Å²) in [4.78, 5) is 25.5. The SMILES string of the molecule is O=C(Nc1cc(NCc2cn3cc(Cl)ccc3n2)ncn1)[C@H]1C[C@@H]1c1cccc(Cl)c1. The minimum atomic E-state index is -0.0744. The second-order valence-corrected chi connectivity index (χ2v) is 8.35. The van der Waals surface area contributed by atoms with Crippen molar-refractivity contribution in [3.8, 4) is 0 Å². The van der Waals surface area contributed by atoms with Gasteiger partial charge in [0.05, 0.1) is 17.3 Å². The summed E-state index contributed by atoms with van der Waals surface area (Å²) in [7, 11) is 0. The van der Waals surface area contributed by atoms with Crippen LogP contribution in [-0.4, -0.2) is 25.3 Å². The summed E-state index contributed by atoms with van der Waals surface area (Å²) in [6, 6.07) is 13.0. The minimum absolute atomic E-state index is 0.0492. The highest BCUT2D eigenvalue weighted by Gasteiger charge is 2.44. The molecule has 1 fully saturated rings. The van der Waals surface area contributed by atoms with Gasteiger partial charge in [-0.2, -0.15) is 0 Å². The van der Waals surface area contributed by atoms with Crippen molar-refractivity contribution in [2.45, 2.75) is 18.9 Å². The molecule has 2 atom stereocenters. The maximum Gasteiger partial charge on any atom is 0.229 e. The van der Waals surface area contributed by atoms with E-state index < -0.39 is 0 Å². The van der Waals surface area contributed by atoms with Crippen molar-refractivity contribution in [2.75, 3.05) is 10.6 Å². The molecule has 1 amide bonds. The normalized spacial score (nSPS) is 17.5. The standard InChI is InChI=1S/C22H18Cl2N6O/c23-14-3-1-2-13(6-14)17-7-18(17)22(31)29-20-8-19(26-12-27-20)25-9-16-11-30-10-15(24)4-5-21(30)28-16/h1-6,8,10-12,17-18H,7,9H2,(H2,25,26,27,29,31)/t17-,18+/m1/s1. The van der Waals surface area contributed by atoms with Crippen molar-refractivity contribution in [2.24, 2.45) is 5.92 Å². The summed E-state index contributed by atoms with van der Waals surface area (Å²) in [5.74, 6) is 1.13. The number of aromatic nitrogens is 4. The Balaban J connectivity index is 1.20. The highest BCUT2D eigenvalue weighted by Crippen LogP contribution is 2.48. The molecular weight excluding hydrogens is 435 g/mol. The Hall–Kier alpha value is -3.16. The molecule has 31 heavy (non-hydrogen) atoms. The predicted molar refractivity (Wildman–Crippen MR) is 120 cm³/mol. The Morgan fingerprint density at radius 2 is 1.94 bits per heavy atom. The van der Waals surface area contributed by atoms with Gasteiger partial charge in [-0.15, -0.1) is 0 Å². The molecule has 1 aromatic carbocycles. The summed E-state index contributed by atoms with van der Waals surface area (Å²) in [6.07, 6.45) is 5.93. The average molecular weight is 453 g/mol. The van der Waals surface area contributed by atoms with Gasteiger partial charge in [0.15, 0.2) is 0 Å². The molecule has 2 N–H and O–H groups in total. The van der Waals surface area contributed by atoms with E-state index in [0.717, 1.165) is 23.3 Å². The van der Waals surface area contributed by atoms with E-state index in [-0.39, 0.29) is 17.7 Å². The number of rotatable bonds is 6. The molecule has 1 saturated carbocycles. The van der Waals surface area contributed by atoms with Gasteiger partial charge in [-0.3, -0.25) is 4.79 Å². The molecule has 9 heteroatoms. The van der Waals surface area contributed by atoms with E-state index in [1.165, 1.54) is 6.33 Å². The molecule has 4 aromatic rings. The fraction of sp³-hybridized carbons (Fsp3) is 0.182. The molecule has 0 saturated heterocycles. The number of nitrogens with zero attached hydrogens (tertiary/aromatic N) is 4. The number of carbonyl (C=O) groups excluding carboxylic acids is 1. The fourth-order valence-electron chi connectivity index (χ4n) is 3.62. The van der Waals surface area contributed by atoms with E-state index in [1.54, 1.807) is 18.3 Å². The number of halogens is 2. The van der Waals surface area contributed by atoms with Gasteiger partial charge >= 0.3 is 0 Å². The first-order valence-corrected chi connectivity index (χ1v) is 10.6. The minimum Gasteiger partial charge on any atom is -0.364 e. The number of hydrogen-bond donors (Lipinski definition) is 2. The van der Waals surface area contributed by atoms with Crippen LogP contribution >= 0.6 is 23.2 Å². The van der Waals surface area contributed by atoms with E-state index in [1.807, 2.05) is 40.9 Å². The molecule has 5 rings (SSSR count). The van der Waals surface area contributed by atoms with Crippen LogP contribution in [0.3, 0.4) is 0 Å². The van der Waals surface area contributed by atoms with Crippen LogP contribution in [0.4, 0.5) is 11.6 Å². The van der Waals surface area contributed by atoms with E-state index in [9.17, 15) is 4.79 Å². The number of nitrogens with one attached hydrogen (secondary N) is 2. The molecule has 1 aliphatic rings. The molecular formula is C22H18Cl2N6O. The fourth-order valence-corrected chi connectivity index (χ4v) is 3.98. The third-order valence-corrected chi connectivity index (χ3v) is 5.70. The lowest BCUT2D eigenvalue weighted by molar-refractivity contribution is -0.117. The smallest absolute Gasteiger partial charge is 0.229 e. The zero-order chi connectivity index (χ0) is 21.4.